The number of carbonyl (C=O) groups excluding carboxylic acids is 1. The standard InChI is InChI=1S/C7H9N3O/c8-6(11)7(2-3-7)10-5-1-4-9-10/h1,4-5H,2-3H2,(H2,8,11). The van der Waals surface area contributed by atoms with Gasteiger partial charge in [-0.05, 0) is 18.9 Å². The Balaban J connectivity index is 2.36. The Morgan fingerprint density at radius 3 is 2.73 bits per heavy atom. The predicted octanol–water partition coefficient (Wildman–Crippen LogP) is -0.143. The van der Waals surface area contributed by atoms with E-state index in [0.717, 1.165) is 12.8 Å². The summed E-state index contributed by atoms with van der Waals surface area (Å²) < 4.78 is 1.65. The molecule has 4 heteroatoms. The zero-order valence-electron chi connectivity index (χ0n) is 6.03. The fraction of sp³-hybridized carbons (Fsp3) is 0.429. The molecule has 1 fully saturated rings. The van der Waals surface area contributed by atoms with Gasteiger partial charge in [0.15, 0.2) is 0 Å². The van der Waals surface area contributed by atoms with Crippen LogP contribution in [0.3, 0.4) is 0 Å². The maximum absolute atomic E-state index is 10.9. The van der Waals surface area contributed by atoms with Crippen molar-refractivity contribution in [2.75, 3.05) is 0 Å². The SMILES string of the molecule is NC(=O)C1(n2cccn2)CC1. The minimum atomic E-state index is -0.483. The Labute approximate surface area is 64.0 Å². The minimum absolute atomic E-state index is 0.277. The average molecular weight is 151 g/mol. The lowest BCUT2D eigenvalue weighted by Crippen LogP contribution is -2.34. The highest BCUT2D eigenvalue weighted by atomic mass is 16.2. The lowest BCUT2D eigenvalue weighted by molar-refractivity contribution is -0.122. The Morgan fingerprint density at radius 1 is 1.64 bits per heavy atom. The van der Waals surface area contributed by atoms with E-state index in [1.807, 2.05) is 0 Å². The molecule has 0 atom stereocenters. The number of primary amides is 1. The van der Waals surface area contributed by atoms with Gasteiger partial charge in [0.05, 0.1) is 0 Å². The van der Waals surface area contributed by atoms with Crippen molar-refractivity contribution in [2.45, 2.75) is 18.4 Å². The third kappa shape index (κ3) is 0.753. The van der Waals surface area contributed by atoms with E-state index in [-0.39, 0.29) is 5.91 Å². The van der Waals surface area contributed by atoms with Crippen molar-refractivity contribution in [1.82, 2.24) is 9.78 Å². The summed E-state index contributed by atoms with van der Waals surface area (Å²) in [7, 11) is 0. The quantitative estimate of drug-likeness (QED) is 0.639. The molecule has 2 rings (SSSR count). The van der Waals surface area contributed by atoms with Gasteiger partial charge in [0, 0.05) is 12.4 Å². The van der Waals surface area contributed by atoms with Crippen molar-refractivity contribution in [3.63, 3.8) is 0 Å². The lowest BCUT2D eigenvalue weighted by atomic mass is 10.3. The van der Waals surface area contributed by atoms with Gasteiger partial charge in [-0.1, -0.05) is 0 Å². The summed E-state index contributed by atoms with van der Waals surface area (Å²) in [5.41, 5.74) is 4.74. The summed E-state index contributed by atoms with van der Waals surface area (Å²) in [6.45, 7) is 0. The zero-order chi connectivity index (χ0) is 7.90. The van der Waals surface area contributed by atoms with Crippen LogP contribution >= 0.6 is 0 Å². The second kappa shape index (κ2) is 1.84. The van der Waals surface area contributed by atoms with Gasteiger partial charge in [-0.3, -0.25) is 9.48 Å². The number of nitrogens with two attached hydrogens (primary N) is 1. The van der Waals surface area contributed by atoms with Crippen LogP contribution in [-0.2, 0) is 10.3 Å². The highest BCUT2D eigenvalue weighted by Crippen LogP contribution is 2.42. The molecular weight excluding hydrogens is 142 g/mol. The van der Waals surface area contributed by atoms with Crippen LogP contribution in [0.25, 0.3) is 0 Å². The average Bonchev–Trinajstić information content (AvgIpc) is 2.61. The molecule has 1 aliphatic rings. The van der Waals surface area contributed by atoms with E-state index >= 15 is 0 Å². The number of carbonyl (C=O) groups is 1. The van der Waals surface area contributed by atoms with Crippen LogP contribution in [0, 0.1) is 0 Å². The fourth-order valence-electron chi connectivity index (χ4n) is 1.23. The summed E-state index contributed by atoms with van der Waals surface area (Å²) in [6.07, 6.45) is 5.08. The topological polar surface area (TPSA) is 60.9 Å². The second-order valence-electron chi connectivity index (χ2n) is 2.85. The summed E-state index contributed by atoms with van der Waals surface area (Å²) in [5, 5.41) is 3.99. The molecule has 58 valence electrons. The molecule has 1 aliphatic carbocycles. The van der Waals surface area contributed by atoms with Crippen molar-refractivity contribution in [1.29, 1.82) is 0 Å². The van der Waals surface area contributed by atoms with Gasteiger partial charge in [-0.2, -0.15) is 5.10 Å². The molecule has 1 amide bonds. The van der Waals surface area contributed by atoms with Crippen LogP contribution in [0.5, 0.6) is 0 Å². The molecular formula is C7H9N3O. The Bertz CT molecular complexity index is 274. The molecule has 0 spiro atoms. The first kappa shape index (κ1) is 6.39. The van der Waals surface area contributed by atoms with Crippen molar-refractivity contribution in [3.8, 4) is 0 Å². The number of hydrogen-bond acceptors (Lipinski definition) is 2. The van der Waals surface area contributed by atoms with E-state index in [1.165, 1.54) is 0 Å². The van der Waals surface area contributed by atoms with Crippen LogP contribution in [0.2, 0.25) is 0 Å². The highest BCUT2D eigenvalue weighted by molar-refractivity contribution is 5.85. The van der Waals surface area contributed by atoms with Crippen LogP contribution in [0.1, 0.15) is 12.8 Å². The van der Waals surface area contributed by atoms with E-state index < -0.39 is 5.54 Å². The van der Waals surface area contributed by atoms with Crippen molar-refractivity contribution in [2.24, 2.45) is 5.73 Å². The predicted molar refractivity (Wildman–Crippen MR) is 38.6 cm³/mol. The van der Waals surface area contributed by atoms with Crippen LogP contribution in [0.15, 0.2) is 18.5 Å². The largest absolute Gasteiger partial charge is 0.368 e. The molecule has 1 heterocycles. The van der Waals surface area contributed by atoms with Crippen LogP contribution < -0.4 is 5.73 Å². The van der Waals surface area contributed by atoms with E-state index in [1.54, 1.807) is 23.1 Å². The zero-order valence-corrected chi connectivity index (χ0v) is 6.03. The third-order valence-corrected chi connectivity index (χ3v) is 2.13. The number of nitrogens with zero attached hydrogens (tertiary/aromatic N) is 2. The Kier molecular flexibility index (Phi) is 1.07. The van der Waals surface area contributed by atoms with Crippen molar-refractivity contribution in [3.05, 3.63) is 18.5 Å². The Hall–Kier alpha value is -1.32. The monoisotopic (exact) mass is 151 g/mol. The van der Waals surface area contributed by atoms with Gasteiger partial charge >= 0.3 is 0 Å². The molecule has 0 radical (unpaired) electrons. The number of amides is 1. The van der Waals surface area contributed by atoms with Crippen molar-refractivity contribution < 1.29 is 4.79 Å². The van der Waals surface area contributed by atoms with Gasteiger partial charge in [0.1, 0.15) is 5.54 Å². The van der Waals surface area contributed by atoms with Gasteiger partial charge in [-0.25, -0.2) is 0 Å². The van der Waals surface area contributed by atoms with E-state index in [9.17, 15) is 4.79 Å². The second-order valence-corrected chi connectivity index (χ2v) is 2.85. The first-order valence-electron chi connectivity index (χ1n) is 3.56. The third-order valence-electron chi connectivity index (χ3n) is 2.13. The summed E-state index contributed by atoms with van der Waals surface area (Å²) in [5.74, 6) is -0.277. The van der Waals surface area contributed by atoms with E-state index in [2.05, 4.69) is 5.10 Å². The molecule has 0 aliphatic heterocycles. The minimum Gasteiger partial charge on any atom is -0.368 e. The van der Waals surface area contributed by atoms with Crippen LogP contribution in [-0.4, -0.2) is 15.7 Å². The molecule has 4 nitrogen and oxygen atoms in total. The smallest absolute Gasteiger partial charge is 0.245 e. The normalized spacial score (nSPS) is 19.6. The van der Waals surface area contributed by atoms with Gasteiger partial charge in [0.25, 0.3) is 0 Å². The fourth-order valence-corrected chi connectivity index (χ4v) is 1.23. The van der Waals surface area contributed by atoms with E-state index in [4.69, 9.17) is 5.73 Å². The maximum atomic E-state index is 10.9. The maximum Gasteiger partial charge on any atom is 0.245 e. The summed E-state index contributed by atoms with van der Waals surface area (Å²) in [4.78, 5) is 10.9. The van der Waals surface area contributed by atoms with Gasteiger partial charge < -0.3 is 5.73 Å². The molecule has 0 saturated heterocycles. The van der Waals surface area contributed by atoms with Gasteiger partial charge in [0.2, 0.25) is 5.91 Å². The summed E-state index contributed by atoms with van der Waals surface area (Å²) in [6, 6.07) is 1.79. The van der Waals surface area contributed by atoms with Crippen molar-refractivity contribution >= 4 is 5.91 Å². The molecule has 1 saturated carbocycles. The molecule has 2 N–H and O–H groups in total. The van der Waals surface area contributed by atoms with E-state index in [0.29, 0.717) is 0 Å². The molecule has 11 heavy (non-hydrogen) atoms. The first-order valence-corrected chi connectivity index (χ1v) is 3.56. The van der Waals surface area contributed by atoms with Gasteiger partial charge in [-0.15, -0.1) is 0 Å². The lowest BCUT2D eigenvalue weighted by Gasteiger charge is -2.10. The number of hydrogen-bond donors (Lipinski definition) is 1. The molecule has 1 aromatic rings. The number of aromatic nitrogens is 2. The molecule has 1 aromatic heterocycles. The van der Waals surface area contributed by atoms with Crippen LogP contribution in [0.4, 0.5) is 0 Å². The highest BCUT2D eigenvalue weighted by Gasteiger charge is 2.51. The number of rotatable bonds is 2. The molecule has 0 aromatic carbocycles. The molecule has 0 unspecified atom stereocenters. The summed E-state index contributed by atoms with van der Waals surface area (Å²) >= 11 is 0. The first-order chi connectivity index (χ1) is 5.26. The molecule has 0 bridgehead atoms. The Morgan fingerprint density at radius 2 is 2.36 bits per heavy atom.